The van der Waals surface area contributed by atoms with E-state index in [2.05, 4.69) is 15.9 Å². The third-order valence-electron chi connectivity index (χ3n) is 4.35. The van der Waals surface area contributed by atoms with Crippen molar-refractivity contribution in [1.29, 1.82) is 0 Å². The molecule has 5 heteroatoms. The van der Waals surface area contributed by atoms with E-state index in [0.717, 1.165) is 10.0 Å². The second-order valence-electron chi connectivity index (χ2n) is 6.25. The van der Waals surface area contributed by atoms with Crippen LogP contribution in [0.3, 0.4) is 0 Å². The molecule has 28 heavy (non-hydrogen) atoms. The van der Waals surface area contributed by atoms with Crippen molar-refractivity contribution in [2.75, 3.05) is 0 Å². The molecule has 0 N–H and O–H groups in total. The van der Waals surface area contributed by atoms with Crippen LogP contribution in [0, 0.1) is 0 Å². The Kier molecular flexibility index (Phi) is 5.08. The van der Waals surface area contributed by atoms with Crippen molar-refractivity contribution in [2.45, 2.75) is 6.42 Å². The summed E-state index contributed by atoms with van der Waals surface area (Å²) in [5.74, 6) is -0.291. The highest BCUT2D eigenvalue weighted by molar-refractivity contribution is 9.10. The molecule has 4 nitrogen and oxygen atoms in total. The Bertz CT molecular complexity index is 1190. The third kappa shape index (κ3) is 3.75. The van der Waals surface area contributed by atoms with E-state index in [9.17, 15) is 9.59 Å². The summed E-state index contributed by atoms with van der Waals surface area (Å²) >= 11 is 3.35. The van der Waals surface area contributed by atoms with Crippen LogP contribution in [0.1, 0.15) is 21.5 Å². The average Bonchev–Trinajstić information content (AvgIpc) is 2.71. The summed E-state index contributed by atoms with van der Waals surface area (Å²) in [6.45, 7) is 0. The second kappa shape index (κ2) is 7.82. The Labute approximate surface area is 169 Å². The van der Waals surface area contributed by atoms with Crippen LogP contribution in [0.5, 0.6) is 5.75 Å². The first-order valence-electron chi connectivity index (χ1n) is 8.68. The number of ether oxygens (including phenoxy) is 1. The molecule has 0 radical (unpaired) electrons. The number of hydrogen-bond donors (Lipinski definition) is 0. The first-order chi connectivity index (χ1) is 13.6. The van der Waals surface area contributed by atoms with Crippen LogP contribution in [0.25, 0.3) is 11.0 Å². The molecule has 4 aromatic rings. The van der Waals surface area contributed by atoms with Crippen LogP contribution in [0.4, 0.5) is 0 Å². The zero-order valence-corrected chi connectivity index (χ0v) is 16.3. The first-order valence-corrected chi connectivity index (χ1v) is 9.47. The minimum Gasteiger partial charge on any atom is -0.422 e. The molecule has 1 aromatic heterocycles. The first kappa shape index (κ1) is 18.2. The van der Waals surface area contributed by atoms with Crippen LogP contribution in [-0.4, -0.2) is 5.97 Å². The predicted octanol–water partition coefficient (Wildman–Crippen LogP) is 5.37. The van der Waals surface area contributed by atoms with Gasteiger partial charge < -0.3 is 9.15 Å². The van der Waals surface area contributed by atoms with Crippen molar-refractivity contribution in [3.63, 3.8) is 0 Å². The Balaban J connectivity index is 1.82. The lowest BCUT2D eigenvalue weighted by atomic mass is 10.0. The molecule has 0 aliphatic heterocycles. The quantitative estimate of drug-likeness (QED) is 0.320. The molecule has 0 fully saturated rings. The fourth-order valence-electron chi connectivity index (χ4n) is 2.97. The number of carbonyl (C=O) groups is 1. The van der Waals surface area contributed by atoms with Crippen molar-refractivity contribution in [1.82, 2.24) is 0 Å². The van der Waals surface area contributed by atoms with E-state index >= 15 is 0 Å². The molecule has 0 bridgehead atoms. The zero-order valence-electron chi connectivity index (χ0n) is 14.7. The Hall–Kier alpha value is -3.18. The number of hydrogen-bond acceptors (Lipinski definition) is 4. The monoisotopic (exact) mass is 434 g/mol. The van der Waals surface area contributed by atoms with Gasteiger partial charge in [-0.3, -0.25) is 0 Å². The number of benzene rings is 3. The summed E-state index contributed by atoms with van der Waals surface area (Å²) in [7, 11) is 0. The highest BCUT2D eigenvalue weighted by atomic mass is 79.9. The Morgan fingerprint density at radius 3 is 2.32 bits per heavy atom. The van der Waals surface area contributed by atoms with Gasteiger partial charge in [-0.1, -0.05) is 58.4 Å². The summed E-state index contributed by atoms with van der Waals surface area (Å²) in [6.07, 6.45) is 0.303. The normalized spacial score (nSPS) is 10.8. The second-order valence-corrected chi connectivity index (χ2v) is 7.17. The van der Waals surface area contributed by atoms with E-state index in [1.165, 1.54) is 0 Å². The van der Waals surface area contributed by atoms with Crippen molar-refractivity contribution in [3.8, 4) is 5.75 Å². The summed E-state index contributed by atoms with van der Waals surface area (Å²) < 4.78 is 12.0. The van der Waals surface area contributed by atoms with E-state index < -0.39 is 11.6 Å². The Morgan fingerprint density at radius 2 is 1.57 bits per heavy atom. The smallest absolute Gasteiger partial charge is 0.343 e. The number of para-hydroxylation sites is 1. The molecule has 0 saturated carbocycles. The lowest BCUT2D eigenvalue weighted by Crippen LogP contribution is -2.16. The number of rotatable bonds is 4. The van der Waals surface area contributed by atoms with Gasteiger partial charge in [-0.05, 0) is 42.0 Å². The zero-order chi connectivity index (χ0) is 19.5. The lowest BCUT2D eigenvalue weighted by molar-refractivity contribution is 0.0735. The Morgan fingerprint density at radius 1 is 0.893 bits per heavy atom. The van der Waals surface area contributed by atoms with Gasteiger partial charge in [0.2, 0.25) is 0 Å². The molecule has 0 unspecified atom stereocenters. The minimum atomic E-state index is -0.530. The molecule has 0 aliphatic carbocycles. The maximum Gasteiger partial charge on any atom is 0.343 e. The van der Waals surface area contributed by atoms with Gasteiger partial charge in [0.25, 0.3) is 0 Å². The number of halogens is 1. The molecule has 3 aromatic carbocycles. The van der Waals surface area contributed by atoms with E-state index in [0.29, 0.717) is 28.5 Å². The highest BCUT2D eigenvalue weighted by Crippen LogP contribution is 2.30. The van der Waals surface area contributed by atoms with Gasteiger partial charge in [0.15, 0.2) is 5.75 Å². The molecular formula is C23H15BrO4. The van der Waals surface area contributed by atoms with Gasteiger partial charge in [-0.2, -0.15) is 0 Å². The molecule has 4 rings (SSSR count). The van der Waals surface area contributed by atoms with Crippen LogP contribution < -0.4 is 10.4 Å². The fraction of sp³-hybridized carbons (Fsp3) is 0.0435. The topological polar surface area (TPSA) is 56.5 Å². The molecule has 0 spiro atoms. The average molecular weight is 435 g/mol. The van der Waals surface area contributed by atoms with Crippen LogP contribution in [-0.2, 0) is 6.42 Å². The fourth-order valence-corrected chi connectivity index (χ4v) is 3.23. The molecule has 0 amide bonds. The van der Waals surface area contributed by atoms with Gasteiger partial charge in [-0.25, -0.2) is 9.59 Å². The van der Waals surface area contributed by atoms with E-state index in [-0.39, 0.29) is 5.75 Å². The van der Waals surface area contributed by atoms with Crippen molar-refractivity contribution in [3.05, 3.63) is 110 Å². The van der Waals surface area contributed by atoms with Crippen LogP contribution in [0.15, 0.2) is 92.5 Å². The van der Waals surface area contributed by atoms with E-state index in [4.69, 9.17) is 9.15 Å². The minimum absolute atomic E-state index is 0.239. The third-order valence-corrected chi connectivity index (χ3v) is 4.88. The van der Waals surface area contributed by atoms with Crippen LogP contribution >= 0.6 is 15.9 Å². The summed E-state index contributed by atoms with van der Waals surface area (Å²) in [5, 5.41) is 0.582. The number of carbonyl (C=O) groups excluding carboxylic acids is 1. The molecule has 0 atom stereocenters. The largest absolute Gasteiger partial charge is 0.422 e. The van der Waals surface area contributed by atoms with Crippen molar-refractivity contribution in [2.24, 2.45) is 0 Å². The van der Waals surface area contributed by atoms with Crippen molar-refractivity contribution >= 4 is 32.9 Å². The van der Waals surface area contributed by atoms with Gasteiger partial charge in [0.1, 0.15) is 5.58 Å². The maximum atomic E-state index is 12.7. The molecule has 138 valence electrons. The van der Waals surface area contributed by atoms with Gasteiger partial charge in [0.05, 0.1) is 16.5 Å². The summed E-state index contributed by atoms with van der Waals surface area (Å²) in [5.41, 5.74) is 1.50. The number of fused-ring (bicyclic) bond motifs is 1. The summed E-state index contributed by atoms with van der Waals surface area (Å²) in [6, 6.07) is 23.4. The molecule has 0 saturated heterocycles. The molecule has 0 aliphatic rings. The van der Waals surface area contributed by atoms with Gasteiger partial charge in [0, 0.05) is 10.9 Å². The van der Waals surface area contributed by atoms with Crippen molar-refractivity contribution < 1.29 is 13.9 Å². The molecular weight excluding hydrogens is 420 g/mol. The maximum absolute atomic E-state index is 12.7. The number of esters is 1. The summed E-state index contributed by atoms with van der Waals surface area (Å²) in [4.78, 5) is 25.4. The van der Waals surface area contributed by atoms with Gasteiger partial charge >= 0.3 is 11.6 Å². The molecule has 1 heterocycles. The highest BCUT2D eigenvalue weighted by Gasteiger charge is 2.20. The standard InChI is InChI=1S/C23H15BrO4/c24-17-12-10-16(11-13-17)22(25)28-21-18-8-4-5-9-20(18)27-23(26)19(21)14-15-6-2-1-3-7-15/h1-13H,14H2. The van der Waals surface area contributed by atoms with E-state index in [1.807, 2.05) is 36.4 Å². The van der Waals surface area contributed by atoms with Gasteiger partial charge in [-0.15, -0.1) is 0 Å². The lowest BCUT2D eigenvalue weighted by Gasteiger charge is -2.12. The predicted molar refractivity (Wildman–Crippen MR) is 111 cm³/mol. The van der Waals surface area contributed by atoms with Crippen LogP contribution in [0.2, 0.25) is 0 Å². The SMILES string of the molecule is O=C(Oc1c(Cc2ccccc2)c(=O)oc2ccccc12)c1ccc(Br)cc1. The van der Waals surface area contributed by atoms with E-state index in [1.54, 1.807) is 42.5 Å².